The summed E-state index contributed by atoms with van der Waals surface area (Å²) in [6.07, 6.45) is 4.70. The Bertz CT molecular complexity index is 578. The van der Waals surface area contributed by atoms with Gasteiger partial charge < -0.3 is 0 Å². The van der Waals surface area contributed by atoms with Crippen LogP contribution in [0.2, 0.25) is 0 Å². The van der Waals surface area contributed by atoms with Crippen molar-refractivity contribution in [1.82, 2.24) is 0 Å². The van der Waals surface area contributed by atoms with Crippen LogP contribution in [0.4, 0.5) is 0 Å². The van der Waals surface area contributed by atoms with Crippen LogP contribution in [-0.2, 0) is 18.3 Å². The number of fused-ring (bicyclic) bond motifs is 1. The van der Waals surface area contributed by atoms with Crippen molar-refractivity contribution in [3.05, 3.63) is 56.2 Å². The summed E-state index contributed by atoms with van der Waals surface area (Å²) in [5.74, 6) is 0.708. The van der Waals surface area contributed by atoms with Gasteiger partial charge >= 0.3 is 0 Å². The maximum Gasteiger partial charge on any atom is 0.0324 e. The molecule has 0 radical (unpaired) electrons. The maximum atomic E-state index is 6.41. The van der Waals surface area contributed by atoms with Crippen LogP contribution in [0, 0.1) is 0 Å². The quantitative estimate of drug-likeness (QED) is 0.632. The molecule has 1 unspecified atom stereocenters. The van der Waals surface area contributed by atoms with Gasteiger partial charge in [-0.2, -0.15) is 0 Å². The number of aryl methyl sites for hydroxylation is 1. The van der Waals surface area contributed by atoms with E-state index in [1.54, 1.807) is 0 Å². The molecule has 1 atom stereocenters. The molecule has 0 saturated carbocycles. The van der Waals surface area contributed by atoms with Crippen LogP contribution in [0.5, 0.6) is 0 Å². The Balaban J connectivity index is 2.00. The molecule has 0 saturated heterocycles. The first kappa shape index (κ1) is 13.7. The minimum Gasteiger partial charge on any atom is -0.148 e. The second-order valence-electron chi connectivity index (χ2n) is 5.33. The predicted molar refractivity (Wildman–Crippen MR) is 87.5 cm³/mol. The molecule has 0 amide bonds. The third-order valence-electron chi connectivity index (χ3n) is 4.08. The van der Waals surface area contributed by atoms with E-state index >= 15 is 0 Å². The number of alkyl halides is 1. The van der Waals surface area contributed by atoms with Crippen molar-refractivity contribution in [2.45, 2.75) is 31.1 Å². The fourth-order valence-corrected chi connectivity index (χ4v) is 5.12. The Morgan fingerprint density at radius 1 is 1.32 bits per heavy atom. The third-order valence-corrected chi connectivity index (χ3v) is 6.29. The molecular formula is C16H16BrClS. The van der Waals surface area contributed by atoms with Gasteiger partial charge in [-0.15, -0.1) is 22.9 Å². The van der Waals surface area contributed by atoms with Gasteiger partial charge in [0.2, 0.25) is 0 Å². The number of halogens is 2. The zero-order chi connectivity index (χ0) is 13.3. The van der Waals surface area contributed by atoms with E-state index in [0.29, 0.717) is 5.88 Å². The lowest BCUT2D eigenvalue weighted by molar-refractivity contribution is 0.399. The zero-order valence-corrected chi connectivity index (χ0v) is 13.8. The standard InChI is InChI=1S/C16H16BrClS/c17-13-8-14(19-10-13)9-16(11-18)7-3-5-12-4-1-2-6-15(12)16/h1-2,4,6,8,10H,3,5,7,9,11H2. The van der Waals surface area contributed by atoms with Gasteiger partial charge in [0.15, 0.2) is 0 Å². The molecule has 1 aliphatic carbocycles. The summed E-state index contributed by atoms with van der Waals surface area (Å²) in [6, 6.07) is 11.1. The van der Waals surface area contributed by atoms with Gasteiger partial charge in [0, 0.05) is 26.0 Å². The van der Waals surface area contributed by atoms with Gasteiger partial charge in [0.05, 0.1) is 0 Å². The highest BCUT2D eigenvalue weighted by molar-refractivity contribution is 9.10. The molecule has 1 aliphatic rings. The van der Waals surface area contributed by atoms with Crippen LogP contribution in [0.15, 0.2) is 40.2 Å². The fraction of sp³-hybridized carbons (Fsp3) is 0.375. The average Bonchev–Trinajstić information content (AvgIpc) is 2.84. The molecule has 3 rings (SSSR count). The molecule has 0 spiro atoms. The largest absolute Gasteiger partial charge is 0.148 e. The minimum absolute atomic E-state index is 0.126. The summed E-state index contributed by atoms with van der Waals surface area (Å²) in [6.45, 7) is 0. The molecule has 3 heteroatoms. The van der Waals surface area contributed by atoms with E-state index in [-0.39, 0.29) is 5.41 Å². The van der Waals surface area contributed by atoms with Crippen molar-refractivity contribution in [1.29, 1.82) is 0 Å². The molecule has 1 aromatic heterocycles. The van der Waals surface area contributed by atoms with E-state index < -0.39 is 0 Å². The third kappa shape index (κ3) is 2.63. The van der Waals surface area contributed by atoms with E-state index in [2.05, 4.69) is 51.6 Å². The number of rotatable bonds is 3. The van der Waals surface area contributed by atoms with Gasteiger partial charge in [0.1, 0.15) is 0 Å². The molecule has 0 aliphatic heterocycles. The predicted octanol–water partition coefficient (Wildman–Crippen LogP) is 5.57. The molecule has 1 heterocycles. The van der Waals surface area contributed by atoms with Gasteiger partial charge in [-0.1, -0.05) is 24.3 Å². The van der Waals surface area contributed by atoms with Crippen molar-refractivity contribution in [3.8, 4) is 0 Å². The Hall–Kier alpha value is -0.310. The highest BCUT2D eigenvalue weighted by Crippen LogP contribution is 2.42. The number of thiophene rings is 1. The van der Waals surface area contributed by atoms with Gasteiger partial charge in [-0.25, -0.2) is 0 Å². The second kappa shape index (κ2) is 5.59. The van der Waals surface area contributed by atoms with E-state index in [4.69, 9.17) is 11.6 Å². The Labute approximate surface area is 131 Å². The first-order valence-electron chi connectivity index (χ1n) is 6.61. The molecule has 0 N–H and O–H groups in total. The Morgan fingerprint density at radius 3 is 2.89 bits per heavy atom. The number of hydrogen-bond donors (Lipinski definition) is 0. The van der Waals surface area contributed by atoms with Crippen LogP contribution in [-0.4, -0.2) is 5.88 Å². The summed E-state index contributed by atoms with van der Waals surface area (Å²) < 4.78 is 1.18. The lowest BCUT2D eigenvalue weighted by Crippen LogP contribution is -2.35. The summed E-state index contributed by atoms with van der Waals surface area (Å²) in [5, 5.41) is 2.16. The molecule has 0 nitrogen and oxygen atoms in total. The van der Waals surface area contributed by atoms with Crippen molar-refractivity contribution in [3.63, 3.8) is 0 Å². The summed E-state index contributed by atoms with van der Waals surface area (Å²) in [7, 11) is 0. The maximum absolute atomic E-state index is 6.41. The first-order chi connectivity index (χ1) is 9.23. The molecule has 0 fully saturated rings. The minimum atomic E-state index is 0.126. The van der Waals surface area contributed by atoms with Crippen LogP contribution in [0.1, 0.15) is 28.8 Å². The van der Waals surface area contributed by atoms with Crippen LogP contribution in [0.25, 0.3) is 0 Å². The van der Waals surface area contributed by atoms with Crippen molar-refractivity contribution < 1.29 is 0 Å². The van der Waals surface area contributed by atoms with Gasteiger partial charge in [0.25, 0.3) is 0 Å². The van der Waals surface area contributed by atoms with Gasteiger partial charge in [-0.3, -0.25) is 0 Å². The smallest absolute Gasteiger partial charge is 0.0324 e. The highest BCUT2D eigenvalue weighted by Gasteiger charge is 2.36. The lowest BCUT2D eigenvalue weighted by atomic mass is 9.69. The zero-order valence-electron chi connectivity index (χ0n) is 10.7. The van der Waals surface area contributed by atoms with Crippen LogP contribution < -0.4 is 0 Å². The molecule has 100 valence electrons. The topological polar surface area (TPSA) is 0 Å². The van der Waals surface area contributed by atoms with E-state index in [9.17, 15) is 0 Å². The molecular weight excluding hydrogens is 340 g/mol. The first-order valence-corrected chi connectivity index (χ1v) is 8.81. The Kier molecular flexibility index (Phi) is 4.02. The number of hydrogen-bond acceptors (Lipinski definition) is 1. The van der Waals surface area contributed by atoms with E-state index in [1.165, 1.54) is 39.7 Å². The Morgan fingerprint density at radius 2 is 2.16 bits per heavy atom. The normalized spacial score (nSPS) is 22.2. The molecule has 0 bridgehead atoms. The average molecular weight is 356 g/mol. The number of benzene rings is 1. The monoisotopic (exact) mass is 354 g/mol. The van der Waals surface area contributed by atoms with Gasteiger partial charge in [-0.05, 0) is 58.8 Å². The second-order valence-corrected chi connectivity index (χ2v) is 7.51. The summed E-state index contributed by atoms with van der Waals surface area (Å²) in [4.78, 5) is 1.42. The summed E-state index contributed by atoms with van der Waals surface area (Å²) in [5.41, 5.74) is 3.09. The van der Waals surface area contributed by atoms with Crippen molar-refractivity contribution >= 4 is 38.9 Å². The SMILES string of the molecule is ClCC1(Cc2cc(Br)cs2)CCCc2ccccc21. The van der Waals surface area contributed by atoms with E-state index in [1.807, 2.05) is 11.3 Å². The highest BCUT2D eigenvalue weighted by atomic mass is 79.9. The summed E-state index contributed by atoms with van der Waals surface area (Å²) >= 11 is 11.8. The lowest BCUT2D eigenvalue weighted by Gasteiger charge is -2.37. The van der Waals surface area contributed by atoms with Crippen molar-refractivity contribution in [2.24, 2.45) is 0 Å². The van der Waals surface area contributed by atoms with Crippen LogP contribution >= 0.6 is 38.9 Å². The van der Waals surface area contributed by atoms with Crippen molar-refractivity contribution in [2.75, 3.05) is 5.88 Å². The van der Waals surface area contributed by atoms with Crippen LogP contribution in [0.3, 0.4) is 0 Å². The molecule has 19 heavy (non-hydrogen) atoms. The molecule has 2 aromatic rings. The molecule has 1 aromatic carbocycles. The fourth-order valence-electron chi connectivity index (χ4n) is 3.16. The van der Waals surface area contributed by atoms with E-state index in [0.717, 1.165) is 6.42 Å².